The molecule has 130 valence electrons. The lowest BCUT2D eigenvalue weighted by Crippen LogP contribution is -2.49. The fourth-order valence-electron chi connectivity index (χ4n) is 1.82. The summed E-state index contributed by atoms with van der Waals surface area (Å²) >= 11 is 1.57. The Morgan fingerprint density at radius 2 is 1.96 bits per heavy atom. The smallest absolute Gasteiger partial charge is 0.321 e. The molecule has 3 N–H and O–H groups in total. The zero-order valence-corrected chi connectivity index (χ0v) is 15.3. The predicted octanol–water partition coefficient (Wildman–Crippen LogP) is 3.12. The van der Waals surface area contributed by atoms with Crippen molar-refractivity contribution < 1.29 is 9.59 Å². The van der Waals surface area contributed by atoms with Gasteiger partial charge >= 0.3 is 6.03 Å². The molecule has 24 heavy (non-hydrogen) atoms. The van der Waals surface area contributed by atoms with E-state index in [9.17, 15) is 9.59 Å². The molecular weight excluding hydrogens is 324 g/mol. The number of hydrogen-bond donors (Lipinski definition) is 3. The number of nitrogens with one attached hydrogen (secondary N) is 3. The van der Waals surface area contributed by atoms with Gasteiger partial charge in [0.15, 0.2) is 0 Å². The average molecular weight is 348 g/mol. The van der Waals surface area contributed by atoms with Crippen LogP contribution < -0.4 is 16.0 Å². The van der Waals surface area contributed by atoms with Crippen molar-refractivity contribution in [3.63, 3.8) is 0 Å². The molecule has 0 spiro atoms. The summed E-state index contributed by atoms with van der Waals surface area (Å²) in [5.74, 6) is -0.415. The van der Waals surface area contributed by atoms with E-state index < -0.39 is 17.5 Å². The van der Waals surface area contributed by atoms with Gasteiger partial charge in [-0.2, -0.15) is 5.26 Å². The fourth-order valence-corrected chi connectivity index (χ4v) is 2.84. The van der Waals surface area contributed by atoms with Crippen LogP contribution in [0.3, 0.4) is 0 Å². The Bertz CT molecular complexity index is 620. The Morgan fingerprint density at radius 1 is 1.29 bits per heavy atom. The molecule has 0 aliphatic rings. The normalized spacial score (nSPS) is 12.0. The van der Waals surface area contributed by atoms with Crippen molar-refractivity contribution in [1.29, 1.82) is 5.26 Å². The summed E-state index contributed by atoms with van der Waals surface area (Å²) in [5, 5.41) is 16.9. The lowest BCUT2D eigenvalue weighted by molar-refractivity contribution is -0.118. The Labute approximate surface area is 147 Å². The van der Waals surface area contributed by atoms with Crippen molar-refractivity contribution in [2.75, 3.05) is 11.9 Å². The van der Waals surface area contributed by atoms with Gasteiger partial charge in [0.2, 0.25) is 5.91 Å². The molecule has 0 saturated carbocycles. The van der Waals surface area contributed by atoms with Gasteiger partial charge in [-0.15, -0.1) is 11.8 Å². The molecule has 0 heterocycles. The van der Waals surface area contributed by atoms with Gasteiger partial charge in [0.25, 0.3) is 0 Å². The highest BCUT2D eigenvalue weighted by Gasteiger charge is 2.16. The number of rotatable bonds is 6. The minimum atomic E-state index is -0.514. The van der Waals surface area contributed by atoms with E-state index in [1.54, 1.807) is 11.8 Å². The molecule has 0 aliphatic carbocycles. The van der Waals surface area contributed by atoms with Crippen LogP contribution in [-0.2, 0) is 4.79 Å². The van der Waals surface area contributed by atoms with Gasteiger partial charge in [-0.3, -0.25) is 10.1 Å². The fraction of sp³-hybridized carbons (Fsp3) is 0.471. The Balaban J connectivity index is 2.57. The van der Waals surface area contributed by atoms with Crippen LogP contribution in [0.15, 0.2) is 29.2 Å². The topological polar surface area (TPSA) is 94.0 Å². The summed E-state index contributed by atoms with van der Waals surface area (Å²) in [6.45, 7) is 7.48. The summed E-state index contributed by atoms with van der Waals surface area (Å²) in [6, 6.07) is 9.21. The number of nitriles is 1. The minimum Gasteiger partial charge on any atom is -0.375 e. The number of carbonyl (C=O) groups excluding carboxylic acids is 2. The van der Waals surface area contributed by atoms with Crippen LogP contribution in [0.25, 0.3) is 0 Å². The summed E-state index contributed by atoms with van der Waals surface area (Å²) < 4.78 is 0. The molecule has 1 aromatic rings. The lowest BCUT2D eigenvalue weighted by Gasteiger charge is -2.20. The standard InChI is InChI=1S/C17H24N4O2S/c1-12(9-10-18)24-14-8-6-5-7-13(14)19-11-15(22)20-16(23)21-17(2,3)4/h5-8,12,19H,9,11H2,1-4H3,(H2,20,21,22,23)/t12-/m0/s1. The molecule has 3 amide bonds. The highest BCUT2D eigenvalue weighted by atomic mass is 32.2. The number of carbonyl (C=O) groups is 2. The number of nitrogens with zero attached hydrogens (tertiary/aromatic N) is 1. The quantitative estimate of drug-likeness (QED) is 0.687. The van der Waals surface area contributed by atoms with Gasteiger partial charge < -0.3 is 10.6 Å². The largest absolute Gasteiger partial charge is 0.375 e. The maximum absolute atomic E-state index is 11.9. The highest BCUT2D eigenvalue weighted by molar-refractivity contribution is 8.00. The molecule has 0 aromatic heterocycles. The monoisotopic (exact) mass is 348 g/mol. The van der Waals surface area contributed by atoms with E-state index in [4.69, 9.17) is 5.26 Å². The number of amides is 3. The molecule has 1 aromatic carbocycles. The highest BCUT2D eigenvalue weighted by Crippen LogP contribution is 2.31. The maximum atomic E-state index is 11.9. The molecule has 0 unspecified atom stereocenters. The van der Waals surface area contributed by atoms with Crippen molar-refractivity contribution >= 4 is 29.4 Å². The summed E-state index contributed by atoms with van der Waals surface area (Å²) in [4.78, 5) is 24.5. The van der Waals surface area contributed by atoms with Gasteiger partial charge in [-0.25, -0.2) is 4.79 Å². The van der Waals surface area contributed by atoms with E-state index in [0.29, 0.717) is 6.42 Å². The number of benzene rings is 1. The molecule has 1 atom stereocenters. The van der Waals surface area contributed by atoms with E-state index in [0.717, 1.165) is 10.6 Å². The lowest BCUT2D eigenvalue weighted by atomic mass is 10.1. The van der Waals surface area contributed by atoms with Crippen LogP contribution in [0.2, 0.25) is 0 Å². The number of thioether (sulfide) groups is 1. The molecule has 6 nitrogen and oxygen atoms in total. The second-order valence-corrected chi connectivity index (χ2v) is 7.87. The molecule has 7 heteroatoms. The summed E-state index contributed by atoms with van der Waals surface area (Å²) in [7, 11) is 0. The molecule has 0 bridgehead atoms. The third-order valence-corrected chi connectivity index (χ3v) is 3.95. The second-order valence-electron chi connectivity index (χ2n) is 6.39. The first-order valence-electron chi connectivity index (χ1n) is 7.70. The molecule has 1 rings (SSSR count). The van der Waals surface area contributed by atoms with E-state index in [2.05, 4.69) is 22.0 Å². The molecular formula is C17H24N4O2S. The van der Waals surface area contributed by atoms with Crippen molar-refractivity contribution in [3.05, 3.63) is 24.3 Å². The SMILES string of the molecule is C[C@@H](CC#N)Sc1ccccc1NCC(=O)NC(=O)NC(C)(C)C. The zero-order chi connectivity index (χ0) is 18.2. The first-order valence-corrected chi connectivity index (χ1v) is 8.57. The third kappa shape index (κ3) is 7.88. The molecule has 0 aliphatic heterocycles. The number of hydrogen-bond acceptors (Lipinski definition) is 5. The van der Waals surface area contributed by atoms with Crippen LogP contribution in [0.4, 0.5) is 10.5 Å². The van der Waals surface area contributed by atoms with Gasteiger partial charge in [-0.05, 0) is 32.9 Å². The molecule has 0 saturated heterocycles. The van der Waals surface area contributed by atoms with Gasteiger partial charge in [0, 0.05) is 27.8 Å². The van der Waals surface area contributed by atoms with Crippen molar-refractivity contribution in [2.45, 2.75) is 49.8 Å². The van der Waals surface area contributed by atoms with E-state index in [-0.39, 0.29) is 11.8 Å². The van der Waals surface area contributed by atoms with Crippen molar-refractivity contribution in [2.24, 2.45) is 0 Å². The summed E-state index contributed by atoms with van der Waals surface area (Å²) in [6.07, 6.45) is 0.451. The van der Waals surface area contributed by atoms with Crippen LogP contribution in [0.1, 0.15) is 34.1 Å². The van der Waals surface area contributed by atoms with Crippen LogP contribution in [0.5, 0.6) is 0 Å². The first-order chi connectivity index (χ1) is 11.2. The second kappa shape index (κ2) is 9.18. The van der Waals surface area contributed by atoms with E-state index >= 15 is 0 Å². The third-order valence-electron chi connectivity index (χ3n) is 2.77. The zero-order valence-electron chi connectivity index (χ0n) is 14.5. The van der Waals surface area contributed by atoms with Crippen LogP contribution in [0, 0.1) is 11.3 Å². The Morgan fingerprint density at radius 3 is 2.58 bits per heavy atom. The minimum absolute atomic E-state index is 0.0121. The molecule has 0 fully saturated rings. The van der Waals surface area contributed by atoms with Crippen LogP contribution in [-0.4, -0.2) is 29.3 Å². The van der Waals surface area contributed by atoms with Crippen molar-refractivity contribution in [1.82, 2.24) is 10.6 Å². The first kappa shape index (κ1) is 19.8. The van der Waals surface area contributed by atoms with Crippen molar-refractivity contribution in [3.8, 4) is 6.07 Å². The number of para-hydroxylation sites is 1. The van der Waals surface area contributed by atoms with Crippen LogP contribution >= 0.6 is 11.8 Å². The predicted molar refractivity (Wildman–Crippen MR) is 96.9 cm³/mol. The number of imide groups is 1. The number of anilines is 1. The van der Waals surface area contributed by atoms with E-state index in [1.165, 1.54) is 0 Å². The van der Waals surface area contributed by atoms with Gasteiger partial charge in [0.05, 0.1) is 12.6 Å². The maximum Gasteiger partial charge on any atom is 0.321 e. The van der Waals surface area contributed by atoms with Gasteiger partial charge in [-0.1, -0.05) is 19.1 Å². The van der Waals surface area contributed by atoms with E-state index in [1.807, 2.05) is 52.0 Å². The molecule has 0 radical (unpaired) electrons. The number of urea groups is 1. The van der Waals surface area contributed by atoms with Gasteiger partial charge in [0.1, 0.15) is 0 Å². The summed E-state index contributed by atoms with van der Waals surface area (Å²) in [5.41, 5.74) is 0.399. The Hall–Kier alpha value is -2.20. The average Bonchev–Trinajstić information content (AvgIpc) is 2.44. The Kier molecular flexibility index (Phi) is 7.59.